The first-order valence-corrected chi connectivity index (χ1v) is 27.2. The zero-order chi connectivity index (χ0) is 48.1. The van der Waals surface area contributed by atoms with Crippen LogP contribution in [0.4, 0.5) is 0 Å². The number of carbonyl (C=O) groups excluding carboxylic acids is 2. The van der Waals surface area contributed by atoms with Crippen LogP contribution in [-0.2, 0) is 14.3 Å². The van der Waals surface area contributed by atoms with Gasteiger partial charge in [-0.3, -0.25) is 9.59 Å². The second-order valence-electron chi connectivity index (χ2n) is 18.0. The number of esters is 1. The van der Waals surface area contributed by atoms with E-state index in [4.69, 9.17) is 4.74 Å². The van der Waals surface area contributed by atoms with Crippen molar-refractivity contribution < 1.29 is 24.5 Å². The maximum absolute atomic E-state index is 13.2. The van der Waals surface area contributed by atoms with Crippen LogP contribution in [0.2, 0.25) is 0 Å². The van der Waals surface area contributed by atoms with Gasteiger partial charge in [-0.1, -0.05) is 246 Å². The lowest BCUT2D eigenvalue weighted by atomic mass is 10.0. The summed E-state index contributed by atoms with van der Waals surface area (Å²) in [5, 5.41) is 23.8. The molecule has 0 bridgehead atoms. The van der Waals surface area contributed by atoms with E-state index in [0.717, 1.165) is 96.3 Å². The van der Waals surface area contributed by atoms with E-state index in [1.807, 2.05) is 30.4 Å². The molecule has 0 aliphatic rings. The highest BCUT2D eigenvalue weighted by atomic mass is 16.5. The quantitative estimate of drug-likeness (QED) is 0.0245. The van der Waals surface area contributed by atoms with E-state index < -0.39 is 18.2 Å². The fraction of sp³-hybridized carbons (Fsp3) is 0.667. The first-order chi connectivity index (χ1) is 32.5. The van der Waals surface area contributed by atoms with E-state index >= 15 is 0 Å². The summed E-state index contributed by atoms with van der Waals surface area (Å²) in [7, 11) is 0. The molecular formula is C60H101NO5. The van der Waals surface area contributed by atoms with Crippen LogP contribution >= 0.6 is 0 Å². The maximum atomic E-state index is 13.2. The molecule has 376 valence electrons. The zero-order valence-electron chi connectivity index (χ0n) is 42.8. The molecular weight excluding hydrogens is 815 g/mol. The van der Waals surface area contributed by atoms with Gasteiger partial charge in [0.25, 0.3) is 0 Å². The van der Waals surface area contributed by atoms with Gasteiger partial charge >= 0.3 is 5.97 Å². The van der Waals surface area contributed by atoms with Crippen LogP contribution in [0.3, 0.4) is 0 Å². The van der Waals surface area contributed by atoms with E-state index in [9.17, 15) is 19.8 Å². The molecule has 6 nitrogen and oxygen atoms in total. The number of allylic oxidation sites excluding steroid dienone is 18. The lowest BCUT2D eigenvalue weighted by molar-refractivity contribution is -0.151. The van der Waals surface area contributed by atoms with Gasteiger partial charge < -0.3 is 20.3 Å². The van der Waals surface area contributed by atoms with Crippen LogP contribution in [-0.4, -0.2) is 46.9 Å². The number of nitrogens with one attached hydrogen (secondary N) is 1. The summed E-state index contributed by atoms with van der Waals surface area (Å²) in [5.74, 6) is -0.584. The van der Waals surface area contributed by atoms with E-state index in [1.165, 1.54) is 89.9 Å². The Labute approximate surface area is 407 Å². The lowest BCUT2D eigenvalue weighted by Gasteiger charge is -2.24. The summed E-state index contributed by atoms with van der Waals surface area (Å²) in [6.07, 6.45) is 71.6. The standard InChI is InChI=1S/C60H101NO5/c1-4-7-10-13-16-19-22-25-27-29-31-34-36-39-42-45-48-51-56(66-60(65)53-50-47-44-41-38-33-24-21-18-15-12-9-6-3)54-59(64)61-57(55-62)58(63)52-49-46-43-40-37-35-32-30-28-26-23-20-17-14-11-8-5-2/h7,9-10,12,15-16,18-19,21,24-25,27,31,33-34,38-39,42,56-58,62-63H,4-6,8,11,13-14,17,20,22-23,26,28-30,32,35-37,40-41,43-55H2,1-3H3,(H,61,64)/b10-7-,12-9+,18-15+,19-16-,24-21-,27-25-,34-31-,38-33-,42-39-. The Kier molecular flexibility index (Phi) is 49.7. The summed E-state index contributed by atoms with van der Waals surface area (Å²) < 4.78 is 5.89. The molecule has 0 heterocycles. The van der Waals surface area contributed by atoms with Crippen LogP contribution in [0.1, 0.15) is 233 Å². The lowest BCUT2D eigenvalue weighted by Crippen LogP contribution is -2.46. The highest BCUT2D eigenvalue weighted by molar-refractivity contribution is 5.77. The van der Waals surface area contributed by atoms with Gasteiger partial charge in [0.05, 0.1) is 25.2 Å². The van der Waals surface area contributed by atoms with Crippen molar-refractivity contribution in [1.29, 1.82) is 0 Å². The third-order valence-electron chi connectivity index (χ3n) is 11.7. The highest BCUT2D eigenvalue weighted by Gasteiger charge is 2.24. The summed E-state index contributed by atoms with van der Waals surface area (Å²) in [5.41, 5.74) is 0. The molecule has 0 aromatic carbocycles. The topological polar surface area (TPSA) is 95.9 Å². The van der Waals surface area contributed by atoms with Crippen molar-refractivity contribution in [2.75, 3.05) is 6.61 Å². The molecule has 0 spiro atoms. The van der Waals surface area contributed by atoms with Crippen molar-refractivity contribution in [2.24, 2.45) is 0 Å². The minimum absolute atomic E-state index is 0.0160. The number of amides is 1. The molecule has 0 aliphatic carbocycles. The number of ether oxygens (including phenoxy) is 1. The Morgan fingerprint density at radius 3 is 1.42 bits per heavy atom. The van der Waals surface area contributed by atoms with Gasteiger partial charge in [0, 0.05) is 6.42 Å². The second-order valence-corrected chi connectivity index (χ2v) is 18.0. The third-order valence-corrected chi connectivity index (χ3v) is 11.7. The Hall–Kier alpha value is -3.48. The normalized spacial score (nSPS) is 14.1. The van der Waals surface area contributed by atoms with E-state index in [2.05, 4.69) is 105 Å². The molecule has 0 fully saturated rings. The maximum Gasteiger partial charge on any atom is 0.306 e. The number of aliphatic hydroxyl groups excluding tert-OH is 2. The van der Waals surface area contributed by atoms with Crippen molar-refractivity contribution in [3.63, 3.8) is 0 Å². The average molecular weight is 916 g/mol. The molecule has 0 aliphatic heterocycles. The van der Waals surface area contributed by atoms with Gasteiger partial charge in [-0.2, -0.15) is 0 Å². The predicted molar refractivity (Wildman–Crippen MR) is 287 cm³/mol. The van der Waals surface area contributed by atoms with Crippen molar-refractivity contribution in [1.82, 2.24) is 5.32 Å². The van der Waals surface area contributed by atoms with E-state index in [1.54, 1.807) is 0 Å². The van der Waals surface area contributed by atoms with Gasteiger partial charge in [0.2, 0.25) is 5.91 Å². The first kappa shape index (κ1) is 62.5. The fourth-order valence-corrected chi connectivity index (χ4v) is 7.65. The molecule has 3 unspecified atom stereocenters. The van der Waals surface area contributed by atoms with Crippen LogP contribution in [0, 0.1) is 0 Å². The van der Waals surface area contributed by atoms with Crippen molar-refractivity contribution in [3.05, 3.63) is 109 Å². The Morgan fingerprint density at radius 2 is 0.909 bits per heavy atom. The van der Waals surface area contributed by atoms with Crippen LogP contribution in [0.25, 0.3) is 0 Å². The predicted octanol–water partition coefficient (Wildman–Crippen LogP) is 16.7. The molecule has 0 saturated heterocycles. The molecule has 0 saturated carbocycles. The number of hydrogen-bond donors (Lipinski definition) is 3. The van der Waals surface area contributed by atoms with E-state index in [-0.39, 0.29) is 24.9 Å². The van der Waals surface area contributed by atoms with Crippen molar-refractivity contribution in [3.8, 4) is 0 Å². The number of aliphatic hydroxyl groups is 2. The Bertz CT molecular complexity index is 1350. The molecule has 3 atom stereocenters. The van der Waals surface area contributed by atoms with Crippen molar-refractivity contribution >= 4 is 11.9 Å². The van der Waals surface area contributed by atoms with Crippen LogP contribution in [0.5, 0.6) is 0 Å². The van der Waals surface area contributed by atoms with Gasteiger partial charge in [0.1, 0.15) is 6.10 Å². The number of hydrogen-bond acceptors (Lipinski definition) is 5. The summed E-state index contributed by atoms with van der Waals surface area (Å²) in [4.78, 5) is 26.2. The highest BCUT2D eigenvalue weighted by Crippen LogP contribution is 2.17. The average Bonchev–Trinajstić information content (AvgIpc) is 3.31. The smallest absolute Gasteiger partial charge is 0.306 e. The monoisotopic (exact) mass is 916 g/mol. The largest absolute Gasteiger partial charge is 0.462 e. The number of rotatable bonds is 47. The van der Waals surface area contributed by atoms with Gasteiger partial charge in [0.15, 0.2) is 0 Å². The molecule has 0 aromatic rings. The SMILES string of the molecule is CC/C=C\C/C=C\C/C=C\C/C=C\C/C=C\CCCC(CC(=O)NC(CO)C(O)CCCCCCCCCCCCCCCCCCC)OC(=O)CCCCC\C=C/C=C\C=C\C=C\CC. The molecule has 6 heteroatoms. The van der Waals surface area contributed by atoms with Gasteiger partial charge in [-0.05, 0) is 83.5 Å². The molecule has 0 rings (SSSR count). The minimum atomic E-state index is -0.817. The number of unbranched alkanes of at least 4 members (excludes halogenated alkanes) is 20. The fourth-order valence-electron chi connectivity index (χ4n) is 7.65. The summed E-state index contributed by atoms with van der Waals surface area (Å²) in [6, 6.07) is -0.736. The molecule has 1 amide bonds. The Morgan fingerprint density at radius 1 is 0.470 bits per heavy atom. The Balaban J connectivity index is 4.71. The summed E-state index contributed by atoms with van der Waals surface area (Å²) >= 11 is 0. The molecule has 3 N–H and O–H groups in total. The minimum Gasteiger partial charge on any atom is -0.462 e. The zero-order valence-corrected chi connectivity index (χ0v) is 42.8. The van der Waals surface area contributed by atoms with Gasteiger partial charge in [-0.15, -0.1) is 0 Å². The number of carbonyl (C=O) groups is 2. The van der Waals surface area contributed by atoms with Crippen LogP contribution < -0.4 is 5.32 Å². The molecule has 0 radical (unpaired) electrons. The van der Waals surface area contributed by atoms with Crippen molar-refractivity contribution in [2.45, 2.75) is 251 Å². The first-order valence-electron chi connectivity index (χ1n) is 27.2. The third kappa shape index (κ3) is 47.0. The second kappa shape index (κ2) is 52.5. The summed E-state index contributed by atoms with van der Waals surface area (Å²) in [6.45, 7) is 6.21. The molecule has 66 heavy (non-hydrogen) atoms. The van der Waals surface area contributed by atoms with E-state index in [0.29, 0.717) is 19.3 Å². The molecule has 0 aromatic heterocycles. The van der Waals surface area contributed by atoms with Crippen LogP contribution in [0.15, 0.2) is 109 Å². The van der Waals surface area contributed by atoms with Gasteiger partial charge in [-0.25, -0.2) is 0 Å².